The maximum Gasteiger partial charge on any atom is 0.106 e. The average molecular weight is 267 g/mol. The van der Waals surface area contributed by atoms with Crippen LogP contribution in [0.3, 0.4) is 0 Å². The summed E-state index contributed by atoms with van der Waals surface area (Å²) < 4.78 is 0. The van der Waals surface area contributed by atoms with E-state index in [4.69, 9.17) is 0 Å². The highest BCUT2D eigenvalue weighted by Gasteiger charge is 2.27. The molecular formula is C16H33N3. The number of hydrogen-bond acceptors (Lipinski definition) is 3. The highest BCUT2D eigenvalue weighted by molar-refractivity contribution is 5.06. The molecular weight excluding hydrogens is 234 g/mol. The molecule has 1 N–H and O–H groups in total. The molecule has 0 aromatic rings. The van der Waals surface area contributed by atoms with Crippen molar-refractivity contribution in [1.29, 1.82) is 5.26 Å². The van der Waals surface area contributed by atoms with E-state index in [0.29, 0.717) is 12.1 Å². The van der Waals surface area contributed by atoms with Crippen molar-refractivity contribution in [3.05, 3.63) is 0 Å². The second-order valence-corrected chi connectivity index (χ2v) is 6.07. The van der Waals surface area contributed by atoms with Gasteiger partial charge in [-0.15, -0.1) is 0 Å². The average Bonchev–Trinajstić information content (AvgIpc) is 2.37. The van der Waals surface area contributed by atoms with Gasteiger partial charge in [-0.1, -0.05) is 20.3 Å². The maximum absolute atomic E-state index is 9.46. The van der Waals surface area contributed by atoms with E-state index in [0.717, 1.165) is 25.8 Å². The molecule has 0 aromatic heterocycles. The van der Waals surface area contributed by atoms with Crippen LogP contribution < -0.4 is 5.32 Å². The Bertz CT molecular complexity index is 270. The summed E-state index contributed by atoms with van der Waals surface area (Å²) in [6.45, 7) is 11.9. The van der Waals surface area contributed by atoms with Gasteiger partial charge in [-0.05, 0) is 60.0 Å². The van der Waals surface area contributed by atoms with Gasteiger partial charge in [-0.3, -0.25) is 5.32 Å². The van der Waals surface area contributed by atoms with Crippen molar-refractivity contribution in [1.82, 2.24) is 10.2 Å². The van der Waals surface area contributed by atoms with E-state index in [-0.39, 0.29) is 5.54 Å². The zero-order valence-electron chi connectivity index (χ0n) is 13.8. The Morgan fingerprint density at radius 2 is 1.89 bits per heavy atom. The van der Waals surface area contributed by atoms with Gasteiger partial charge in [0.1, 0.15) is 5.54 Å². The lowest BCUT2D eigenvalue weighted by Gasteiger charge is -2.31. The molecule has 0 bridgehead atoms. The molecule has 0 heterocycles. The lowest BCUT2D eigenvalue weighted by Crippen LogP contribution is -2.47. The first-order valence-corrected chi connectivity index (χ1v) is 7.80. The molecule has 0 radical (unpaired) electrons. The SMILES string of the molecule is CCCC(C)N(C)CCCC(C#N)(CC)NC(C)C. The monoisotopic (exact) mass is 267 g/mol. The highest BCUT2D eigenvalue weighted by atomic mass is 15.1. The molecule has 0 fully saturated rings. The molecule has 0 spiro atoms. The van der Waals surface area contributed by atoms with Crippen molar-refractivity contribution < 1.29 is 0 Å². The molecule has 0 aliphatic heterocycles. The fraction of sp³-hybridized carbons (Fsp3) is 0.938. The Labute approximate surface area is 120 Å². The molecule has 3 nitrogen and oxygen atoms in total. The molecule has 112 valence electrons. The number of nitriles is 1. The summed E-state index contributed by atoms with van der Waals surface area (Å²) in [5.41, 5.74) is -0.344. The molecule has 2 unspecified atom stereocenters. The van der Waals surface area contributed by atoms with E-state index in [9.17, 15) is 5.26 Å². The molecule has 0 aliphatic rings. The van der Waals surface area contributed by atoms with Crippen molar-refractivity contribution in [3.63, 3.8) is 0 Å². The van der Waals surface area contributed by atoms with Crippen LogP contribution in [0.5, 0.6) is 0 Å². The summed E-state index contributed by atoms with van der Waals surface area (Å²) in [6.07, 6.45) is 5.36. The third-order valence-corrected chi connectivity index (χ3v) is 3.96. The lowest BCUT2D eigenvalue weighted by molar-refractivity contribution is 0.227. The molecule has 0 rings (SSSR count). The minimum absolute atomic E-state index is 0.344. The molecule has 0 aromatic carbocycles. The van der Waals surface area contributed by atoms with E-state index in [1.54, 1.807) is 0 Å². The second kappa shape index (κ2) is 9.34. The van der Waals surface area contributed by atoms with Crippen molar-refractivity contribution in [2.75, 3.05) is 13.6 Å². The number of rotatable bonds is 10. The van der Waals surface area contributed by atoms with Crippen LogP contribution in [0.25, 0.3) is 0 Å². The highest BCUT2D eigenvalue weighted by Crippen LogP contribution is 2.18. The molecule has 0 aliphatic carbocycles. The smallest absolute Gasteiger partial charge is 0.106 e. The second-order valence-electron chi connectivity index (χ2n) is 6.07. The Morgan fingerprint density at radius 1 is 1.26 bits per heavy atom. The van der Waals surface area contributed by atoms with Crippen LogP contribution in [-0.4, -0.2) is 36.1 Å². The van der Waals surface area contributed by atoms with Crippen LogP contribution in [0.15, 0.2) is 0 Å². The van der Waals surface area contributed by atoms with Crippen LogP contribution in [0.1, 0.15) is 66.7 Å². The standard InChI is InChI=1S/C16H33N3/c1-7-10-15(5)19(6)12-9-11-16(8-2,13-17)18-14(3)4/h14-15,18H,7-12H2,1-6H3. The van der Waals surface area contributed by atoms with E-state index in [1.165, 1.54) is 12.8 Å². The first kappa shape index (κ1) is 18.4. The van der Waals surface area contributed by atoms with E-state index in [1.807, 2.05) is 0 Å². The summed E-state index contributed by atoms with van der Waals surface area (Å²) in [6, 6.07) is 3.49. The topological polar surface area (TPSA) is 39.1 Å². The zero-order chi connectivity index (χ0) is 14.9. The molecule has 0 saturated heterocycles. The van der Waals surface area contributed by atoms with E-state index >= 15 is 0 Å². The minimum atomic E-state index is -0.344. The number of nitrogens with zero attached hydrogens (tertiary/aromatic N) is 2. The van der Waals surface area contributed by atoms with Gasteiger partial charge in [0, 0.05) is 12.1 Å². The zero-order valence-corrected chi connectivity index (χ0v) is 13.8. The Morgan fingerprint density at radius 3 is 2.32 bits per heavy atom. The van der Waals surface area contributed by atoms with Gasteiger partial charge in [0.25, 0.3) is 0 Å². The van der Waals surface area contributed by atoms with Crippen LogP contribution in [0.2, 0.25) is 0 Å². The first-order chi connectivity index (χ1) is 8.90. The van der Waals surface area contributed by atoms with Gasteiger partial charge in [-0.2, -0.15) is 5.26 Å². The van der Waals surface area contributed by atoms with Gasteiger partial charge in [-0.25, -0.2) is 0 Å². The Balaban J connectivity index is 4.24. The van der Waals surface area contributed by atoms with E-state index in [2.05, 4.69) is 58.0 Å². The molecule has 0 saturated carbocycles. The molecule has 2 atom stereocenters. The first-order valence-electron chi connectivity index (χ1n) is 7.80. The summed E-state index contributed by atoms with van der Waals surface area (Å²) in [7, 11) is 2.19. The summed E-state index contributed by atoms with van der Waals surface area (Å²) in [5.74, 6) is 0. The van der Waals surface area contributed by atoms with Gasteiger partial charge >= 0.3 is 0 Å². The van der Waals surface area contributed by atoms with Gasteiger partial charge in [0.05, 0.1) is 6.07 Å². The summed E-state index contributed by atoms with van der Waals surface area (Å²) in [5, 5.41) is 12.9. The predicted molar refractivity (Wildman–Crippen MR) is 83.1 cm³/mol. The Kier molecular flexibility index (Phi) is 9.05. The van der Waals surface area contributed by atoms with Crippen molar-refractivity contribution >= 4 is 0 Å². The largest absolute Gasteiger partial charge is 0.304 e. The number of nitrogens with one attached hydrogen (secondary N) is 1. The number of hydrogen-bond donors (Lipinski definition) is 1. The van der Waals surface area contributed by atoms with Crippen LogP contribution >= 0.6 is 0 Å². The Hall–Kier alpha value is -0.590. The normalized spacial score (nSPS) is 16.4. The quantitative estimate of drug-likeness (QED) is 0.658. The lowest BCUT2D eigenvalue weighted by atomic mass is 9.91. The minimum Gasteiger partial charge on any atom is -0.304 e. The van der Waals surface area contributed by atoms with Crippen LogP contribution in [0.4, 0.5) is 0 Å². The van der Waals surface area contributed by atoms with Crippen LogP contribution in [0, 0.1) is 11.3 Å². The van der Waals surface area contributed by atoms with Gasteiger partial charge in [0.2, 0.25) is 0 Å². The van der Waals surface area contributed by atoms with Gasteiger partial charge < -0.3 is 4.90 Å². The third kappa shape index (κ3) is 6.94. The third-order valence-electron chi connectivity index (χ3n) is 3.96. The van der Waals surface area contributed by atoms with Crippen LogP contribution in [-0.2, 0) is 0 Å². The predicted octanol–water partition coefficient (Wildman–Crippen LogP) is 3.56. The van der Waals surface area contributed by atoms with Gasteiger partial charge in [0.15, 0.2) is 0 Å². The maximum atomic E-state index is 9.46. The van der Waals surface area contributed by atoms with Crippen molar-refractivity contribution in [2.24, 2.45) is 0 Å². The van der Waals surface area contributed by atoms with E-state index < -0.39 is 0 Å². The molecule has 0 amide bonds. The fourth-order valence-electron chi connectivity index (χ4n) is 2.56. The summed E-state index contributed by atoms with van der Waals surface area (Å²) >= 11 is 0. The summed E-state index contributed by atoms with van der Waals surface area (Å²) in [4.78, 5) is 2.41. The molecule has 19 heavy (non-hydrogen) atoms. The van der Waals surface area contributed by atoms with Crippen molar-refractivity contribution in [2.45, 2.75) is 84.3 Å². The molecule has 3 heteroatoms. The fourth-order valence-corrected chi connectivity index (χ4v) is 2.56. The van der Waals surface area contributed by atoms with Crippen molar-refractivity contribution in [3.8, 4) is 6.07 Å².